The summed E-state index contributed by atoms with van der Waals surface area (Å²) in [4.78, 5) is 25.7. The molecular formula is C15H18N2O4. The van der Waals surface area contributed by atoms with E-state index in [2.05, 4.69) is 4.99 Å². The third-order valence-corrected chi connectivity index (χ3v) is 2.68. The Hall–Kier alpha value is -2.50. The van der Waals surface area contributed by atoms with Crippen molar-refractivity contribution in [3.63, 3.8) is 0 Å². The zero-order valence-electron chi connectivity index (χ0n) is 12.2. The number of carbonyl (C=O) groups is 1. The molecule has 21 heavy (non-hydrogen) atoms. The van der Waals surface area contributed by atoms with Crippen LogP contribution < -0.4 is 0 Å². The Morgan fingerprint density at radius 3 is 2.67 bits per heavy atom. The van der Waals surface area contributed by atoms with Gasteiger partial charge in [-0.3, -0.25) is 19.9 Å². The average Bonchev–Trinajstić information content (AvgIpc) is 2.37. The summed E-state index contributed by atoms with van der Waals surface area (Å²) in [6, 6.07) is 5.75. The summed E-state index contributed by atoms with van der Waals surface area (Å²) < 4.78 is 0. The second-order valence-electron chi connectivity index (χ2n) is 5.05. The quantitative estimate of drug-likeness (QED) is 0.284. The Labute approximate surface area is 123 Å². The number of ketones is 1. The fourth-order valence-electron chi connectivity index (χ4n) is 1.69. The predicted molar refractivity (Wildman–Crippen MR) is 81.0 cm³/mol. The normalized spacial score (nSPS) is 12.6. The van der Waals surface area contributed by atoms with Crippen LogP contribution in [0.5, 0.6) is 0 Å². The van der Waals surface area contributed by atoms with Gasteiger partial charge in [0.25, 0.3) is 5.69 Å². The van der Waals surface area contributed by atoms with Gasteiger partial charge in [-0.2, -0.15) is 0 Å². The number of aliphatic hydroxyl groups excluding tert-OH is 1. The lowest BCUT2D eigenvalue weighted by molar-refractivity contribution is -0.384. The molecule has 0 bridgehead atoms. The number of allylic oxidation sites excluding steroid dienone is 2. The van der Waals surface area contributed by atoms with Crippen molar-refractivity contribution in [2.45, 2.75) is 27.2 Å². The molecule has 1 rings (SSSR count). The van der Waals surface area contributed by atoms with Crippen molar-refractivity contribution >= 4 is 23.4 Å². The first-order valence-electron chi connectivity index (χ1n) is 6.52. The predicted octanol–water partition coefficient (Wildman–Crippen LogP) is 3.74. The molecule has 6 nitrogen and oxygen atoms in total. The van der Waals surface area contributed by atoms with Crippen LogP contribution in [-0.2, 0) is 4.79 Å². The Bertz CT molecular complexity index is 603. The molecule has 0 aliphatic carbocycles. The monoisotopic (exact) mass is 290 g/mol. The van der Waals surface area contributed by atoms with Crippen LogP contribution in [0.1, 0.15) is 27.2 Å². The highest BCUT2D eigenvalue weighted by atomic mass is 16.6. The summed E-state index contributed by atoms with van der Waals surface area (Å²) in [6.45, 7) is 5.18. The van der Waals surface area contributed by atoms with Gasteiger partial charge in [0.05, 0.1) is 16.2 Å². The molecule has 0 aliphatic rings. The molecule has 0 saturated heterocycles. The van der Waals surface area contributed by atoms with Crippen LogP contribution in [0.4, 0.5) is 11.4 Å². The third kappa shape index (κ3) is 5.18. The van der Waals surface area contributed by atoms with Crippen molar-refractivity contribution in [1.82, 2.24) is 0 Å². The van der Waals surface area contributed by atoms with Gasteiger partial charge in [-0.1, -0.05) is 19.9 Å². The molecule has 112 valence electrons. The summed E-state index contributed by atoms with van der Waals surface area (Å²) in [5.74, 6) is -0.125. The lowest BCUT2D eigenvalue weighted by Crippen LogP contribution is -2.05. The van der Waals surface area contributed by atoms with Crippen LogP contribution in [-0.4, -0.2) is 22.0 Å². The highest BCUT2D eigenvalue weighted by Gasteiger charge is 2.11. The van der Waals surface area contributed by atoms with Crippen molar-refractivity contribution in [1.29, 1.82) is 0 Å². The number of Topliss-reactive ketones (excluding diaryl/α,β-unsaturated/α-hetero) is 1. The molecule has 0 aliphatic heterocycles. The number of rotatable bonds is 6. The van der Waals surface area contributed by atoms with Crippen molar-refractivity contribution in [2.75, 3.05) is 0 Å². The Morgan fingerprint density at radius 1 is 1.48 bits per heavy atom. The van der Waals surface area contributed by atoms with Crippen LogP contribution in [0.3, 0.4) is 0 Å². The third-order valence-electron chi connectivity index (χ3n) is 2.68. The zero-order valence-corrected chi connectivity index (χ0v) is 12.2. The smallest absolute Gasteiger partial charge is 0.271 e. The van der Waals surface area contributed by atoms with Gasteiger partial charge in [-0.05, 0) is 18.9 Å². The highest BCUT2D eigenvalue weighted by Crippen LogP contribution is 2.20. The van der Waals surface area contributed by atoms with Crippen LogP contribution >= 0.6 is 0 Å². The maximum Gasteiger partial charge on any atom is 0.271 e. The SMILES string of the molecule is CC(=O)C(C=Nc1cccc([N+](=O)[O-])c1)=C(O)CC(C)C. The van der Waals surface area contributed by atoms with Gasteiger partial charge in [0.15, 0.2) is 5.78 Å². The second kappa shape index (κ2) is 7.33. The maximum atomic E-state index is 11.5. The molecule has 1 aromatic rings. The van der Waals surface area contributed by atoms with Crippen LogP contribution in [0.15, 0.2) is 40.6 Å². The van der Waals surface area contributed by atoms with Gasteiger partial charge in [0.2, 0.25) is 0 Å². The molecule has 6 heteroatoms. The summed E-state index contributed by atoms with van der Waals surface area (Å²) in [5.41, 5.74) is 0.389. The molecule has 1 aromatic carbocycles. The van der Waals surface area contributed by atoms with Crippen LogP contribution in [0, 0.1) is 16.0 Å². The molecule has 0 saturated carbocycles. The van der Waals surface area contributed by atoms with Crippen molar-refractivity contribution < 1.29 is 14.8 Å². The van der Waals surface area contributed by atoms with E-state index in [-0.39, 0.29) is 28.7 Å². The largest absolute Gasteiger partial charge is 0.511 e. The average molecular weight is 290 g/mol. The van der Waals surface area contributed by atoms with Crippen LogP contribution in [0.2, 0.25) is 0 Å². The molecule has 0 atom stereocenters. The molecule has 1 N–H and O–H groups in total. The fourth-order valence-corrected chi connectivity index (χ4v) is 1.69. The number of aliphatic hydroxyl groups is 1. The van der Waals surface area contributed by atoms with Gasteiger partial charge in [-0.25, -0.2) is 0 Å². The summed E-state index contributed by atoms with van der Waals surface area (Å²) in [6.07, 6.45) is 1.62. The van der Waals surface area contributed by atoms with Gasteiger partial charge in [0.1, 0.15) is 5.76 Å². The van der Waals surface area contributed by atoms with E-state index >= 15 is 0 Å². The van der Waals surface area contributed by atoms with E-state index in [1.807, 2.05) is 13.8 Å². The van der Waals surface area contributed by atoms with E-state index in [0.717, 1.165) is 0 Å². The van der Waals surface area contributed by atoms with Crippen molar-refractivity contribution in [3.05, 3.63) is 45.7 Å². The first-order chi connectivity index (χ1) is 9.81. The van der Waals surface area contributed by atoms with Crippen molar-refractivity contribution in [3.8, 4) is 0 Å². The standard InChI is InChI=1S/C15H18N2O4/c1-10(2)7-15(19)14(11(3)18)9-16-12-5-4-6-13(8-12)17(20)21/h4-6,8-10,19H,7H2,1-3H3. The lowest BCUT2D eigenvalue weighted by atomic mass is 10.0. The van der Waals surface area contributed by atoms with Gasteiger partial charge >= 0.3 is 0 Å². The Morgan fingerprint density at radius 2 is 2.14 bits per heavy atom. The first kappa shape index (κ1) is 16.6. The molecular weight excluding hydrogens is 272 g/mol. The number of hydrogen-bond acceptors (Lipinski definition) is 5. The van der Waals surface area contributed by atoms with Gasteiger partial charge in [-0.15, -0.1) is 0 Å². The number of hydrogen-bond donors (Lipinski definition) is 1. The molecule has 0 unspecified atom stereocenters. The summed E-state index contributed by atoms with van der Waals surface area (Å²) >= 11 is 0. The topological polar surface area (TPSA) is 92.8 Å². The minimum Gasteiger partial charge on any atom is -0.511 e. The fraction of sp³-hybridized carbons (Fsp3) is 0.333. The summed E-state index contributed by atoms with van der Waals surface area (Å²) in [5, 5.41) is 20.6. The molecule has 0 amide bonds. The van der Waals surface area contributed by atoms with E-state index in [9.17, 15) is 20.0 Å². The number of non-ortho nitro benzene ring substituents is 1. The Kier molecular flexibility index (Phi) is 5.78. The number of nitro groups is 1. The minimum absolute atomic E-state index is 0.0216. The van der Waals surface area contributed by atoms with E-state index in [1.54, 1.807) is 6.07 Å². The second-order valence-corrected chi connectivity index (χ2v) is 5.05. The number of carbonyl (C=O) groups excluding carboxylic acids is 1. The van der Waals surface area contributed by atoms with Gasteiger partial charge < -0.3 is 5.11 Å². The van der Waals surface area contributed by atoms with Crippen LogP contribution in [0.25, 0.3) is 0 Å². The molecule has 0 radical (unpaired) electrons. The van der Waals surface area contributed by atoms with Crippen molar-refractivity contribution in [2.24, 2.45) is 10.9 Å². The minimum atomic E-state index is -0.517. The van der Waals surface area contributed by atoms with E-state index in [4.69, 9.17) is 0 Å². The number of nitrogens with zero attached hydrogens (tertiary/aromatic N) is 2. The number of benzene rings is 1. The maximum absolute atomic E-state index is 11.5. The molecule has 0 aromatic heterocycles. The first-order valence-corrected chi connectivity index (χ1v) is 6.52. The number of aliphatic imine (C=N–C) groups is 1. The molecule has 0 spiro atoms. The lowest BCUT2D eigenvalue weighted by Gasteiger charge is -2.06. The van der Waals surface area contributed by atoms with E-state index in [0.29, 0.717) is 12.1 Å². The zero-order chi connectivity index (χ0) is 16.0. The molecule has 0 fully saturated rings. The van der Waals surface area contributed by atoms with Gasteiger partial charge in [0, 0.05) is 24.8 Å². The van der Waals surface area contributed by atoms with E-state index < -0.39 is 4.92 Å². The summed E-state index contributed by atoms with van der Waals surface area (Å²) in [7, 11) is 0. The Balaban J connectivity index is 3.07. The van der Waals surface area contributed by atoms with E-state index in [1.165, 1.54) is 31.3 Å². The number of nitro benzene ring substituents is 1. The highest BCUT2D eigenvalue weighted by molar-refractivity contribution is 6.13. The molecule has 0 heterocycles.